The second kappa shape index (κ2) is 5.90. The van der Waals surface area contributed by atoms with Gasteiger partial charge in [0.15, 0.2) is 6.10 Å². The van der Waals surface area contributed by atoms with Crippen molar-refractivity contribution >= 4 is 11.9 Å². The molecule has 2 rings (SSSR count). The van der Waals surface area contributed by atoms with Gasteiger partial charge in [-0.2, -0.15) is 5.06 Å². The molecule has 0 aromatic heterocycles. The van der Waals surface area contributed by atoms with Crippen molar-refractivity contribution in [2.24, 2.45) is 5.92 Å². The second-order valence-corrected chi connectivity index (χ2v) is 6.29. The number of carbonyl (C=O) groups excluding carboxylic acids is 2. The van der Waals surface area contributed by atoms with Crippen molar-refractivity contribution in [3.8, 4) is 0 Å². The number of rotatable bonds is 3. The molecule has 21 heavy (non-hydrogen) atoms. The van der Waals surface area contributed by atoms with Crippen molar-refractivity contribution in [1.29, 1.82) is 0 Å². The van der Waals surface area contributed by atoms with Gasteiger partial charge in [-0.3, -0.25) is 9.63 Å². The summed E-state index contributed by atoms with van der Waals surface area (Å²) in [4.78, 5) is 29.5. The van der Waals surface area contributed by atoms with Crippen LogP contribution in [0.5, 0.6) is 0 Å². The lowest BCUT2D eigenvalue weighted by molar-refractivity contribution is -0.185. The molecule has 0 aromatic carbocycles. The molecule has 0 amide bonds. The van der Waals surface area contributed by atoms with Gasteiger partial charge < -0.3 is 14.2 Å². The van der Waals surface area contributed by atoms with Crippen molar-refractivity contribution in [3.05, 3.63) is 0 Å². The molecule has 0 bridgehead atoms. The zero-order chi connectivity index (χ0) is 15.8. The molecule has 2 aliphatic heterocycles. The summed E-state index contributed by atoms with van der Waals surface area (Å²) in [5, 5.41) is 1.65. The minimum absolute atomic E-state index is 0.191. The highest BCUT2D eigenvalue weighted by atomic mass is 16.7. The molecule has 0 aromatic rings. The zero-order valence-corrected chi connectivity index (χ0v) is 13.1. The maximum atomic E-state index is 12.1. The summed E-state index contributed by atoms with van der Waals surface area (Å²) in [6.45, 7) is 6.47. The minimum Gasteiger partial charge on any atom is -0.469 e. The van der Waals surface area contributed by atoms with Gasteiger partial charge >= 0.3 is 11.9 Å². The molecule has 7 nitrogen and oxygen atoms in total. The van der Waals surface area contributed by atoms with Gasteiger partial charge in [-0.15, -0.1) is 0 Å². The number of hydroxylamine groups is 2. The van der Waals surface area contributed by atoms with Crippen LogP contribution >= 0.6 is 0 Å². The number of hydrogen-bond donors (Lipinski definition) is 0. The molecule has 2 saturated heterocycles. The standard InChI is InChI=1S/C14H23NO6/c1-14(2,3)20-8-6-7-15-10(8)9(12(16)18-4)11(21-15)13(17)19-5/h8-11H,6-7H2,1-5H3/t8-,9+,10+,11-/m0/s1. The van der Waals surface area contributed by atoms with Gasteiger partial charge in [0.1, 0.15) is 5.92 Å². The Kier molecular flexibility index (Phi) is 4.55. The molecule has 7 heteroatoms. The molecular weight excluding hydrogens is 278 g/mol. The van der Waals surface area contributed by atoms with Gasteiger partial charge in [0.25, 0.3) is 0 Å². The summed E-state index contributed by atoms with van der Waals surface area (Å²) in [6.07, 6.45) is -0.425. The van der Waals surface area contributed by atoms with Crippen molar-refractivity contribution in [2.45, 2.75) is 51.0 Å². The Balaban J connectivity index is 2.24. The zero-order valence-electron chi connectivity index (χ0n) is 13.1. The Morgan fingerprint density at radius 2 is 1.76 bits per heavy atom. The van der Waals surface area contributed by atoms with Crippen LogP contribution < -0.4 is 0 Å². The van der Waals surface area contributed by atoms with Gasteiger partial charge in [-0.1, -0.05) is 0 Å². The third-order valence-electron chi connectivity index (χ3n) is 3.70. The Morgan fingerprint density at radius 3 is 2.29 bits per heavy atom. The van der Waals surface area contributed by atoms with E-state index >= 15 is 0 Å². The molecule has 0 N–H and O–H groups in total. The Morgan fingerprint density at radius 1 is 1.14 bits per heavy atom. The van der Waals surface area contributed by atoms with E-state index in [9.17, 15) is 9.59 Å². The summed E-state index contributed by atoms with van der Waals surface area (Å²) in [5.41, 5.74) is -0.343. The number of carbonyl (C=O) groups is 2. The maximum Gasteiger partial charge on any atom is 0.338 e. The number of hydrogen-bond acceptors (Lipinski definition) is 7. The van der Waals surface area contributed by atoms with E-state index in [1.54, 1.807) is 5.06 Å². The molecule has 0 unspecified atom stereocenters. The minimum atomic E-state index is -0.973. The summed E-state index contributed by atoms with van der Waals surface area (Å²) >= 11 is 0. The van der Waals surface area contributed by atoms with Gasteiger partial charge in [-0.05, 0) is 27.2 Å². The van der Waals surface area contributed by atoms with Crippen molar-refractivity contribution in [3.63, 3.8) is 0 Å². The Labute approximate surface area is 124 Å². The van der Waals surface area contributed by atoms with Crippen LogP contribution in [-0.2, 0) is 28.6 Å². The maximum absolute atomic E-state index is 12.1. The first-order valence-corrected chi connectivity index (χ1v) is 7.05. The molecule has 120 valence electrons. The Bertz CT molecular complexity index is 418. The molecule has 0 aliphatic carbocycles. The number of ether oxygens (including phenoxy) is 3. The largest absolute Gasteiger partial charge is 0.469 e. The van der Waals surface area contributed by atoms with E-state index in [-0.39, 0.29) is 17.7 Å². The summed E-state index contributed by atoms with van der Waals surface area (Å²) in [6, 6.07) is -0.333. The van der Waals surface area contributed by atoms with Crippen LogP contribution in [0, 0.1) is 5.92 Å². The van der Waals surface area contributed by atoms with Crippen LogP contribution in [0.1, 0.15) is 27.2 Å². The van der Waals surface area contributed by atoms with Crippen LogP contribution in [0.25, 0.3) is 0 Å². The smallest absolute Gasteiger partial charge is 0.338 e. The first kappa shape index (κ1) is 16.2. The lowest BCUT2D eigenvalue weighted by Crippen LogP contribution is -2.45. The lowest BCUT2D eigenvalue weighted by atomic mass is 9.91. The third kappa shape index (κ3) is 3.20. The predicted molar refractivity (Wildman–Crippen MR) is 72.1 cm³/mol. The first-order valence-electron chi connectivity index (χ1n) is 7.05. The Hall–Kier alpha value is -1.18. The first-order chi connectivity index (χ1) is 9.78. The molecule has 4 atom stereocenters. The van der Waals surface area contributed by atoms with E-state index in [1.807, 2.05) is 20.8 Å². The van der Waals surface area contributed by atoms with Gasteiger partial charge in [0, 0.05) is 6.54 Å². The van der Waals surface area contributed by atoms with Gasteiger partial charge in [0.2, 0.25) is 0 Å². The van der Waals surface area contributed by atoms with E-state index in [2.05, 4.69) is 0 Å². The molecule has 2 aliphatic rings. The monoisotopic (exact) mass is 301 g/mol. The van der Waals surface area contributed by atoms with Crippen LogP contribution in [0.4, 0.5) is 0 Å². The number of methoxy groups -OCH3 is 2. The van der Waals surface area contributed by atoms with Gasteiger partial charge in [0.05, 0.1) is 32.0 Å². The fraction of sp³-hybridized carbons (Fsp3) is 0.857. The number of esters is 2. The number of fused-ring (bicyclic) bond motifs is 1. The molecule has 2 fully saturated rings. The highest BCUT2D eigenvalue weighted by Crippen LogP contribution is 2.39. The second-order valence-electron chi connectivity index (χ2n) is 6.29. The van der Waals surface area contributed by atoms with Crippen molar-refractivity contribution in [1.82, 2.24) is 5.06 Å². The molecular formula is C14H23NO6. The van der Waals surface area contributed by atoms with E-state index in [0.29, 0.717) is 6.54 Å². The summed E-state index contributed by atoms with van der Waals surface area (Å²) < 4.78 is 15.6. The van der Waals surface area contributed by atoms with E-state index in [0.717, 1.165) is 6.42 Å². The summed E-state index contributed by atoms with van der Waals surface area (Å²) in [7, 11) is 2.57. The van der Waals surface area contributed by atoms with Crippen LogP contribution in [-0.4, -0.2) is 61.6 Å². The predicted octanol–water partition coefficient (Wildman–Crippen LogP) is 0.520. The van der Waals surface area contributed by atoms with Crippen LogP contribution in [0.15, 0.2) is 0 Å². The third-order valence-corrected chi connectivity index (χ3v) is 3.70. The average molecular weight is 301 g/mol. The molecule has 0 spiro atoms. The van der Waals surface area contributed by atoms with Crippen LogP contribution in [0.3, 0.4) is 0 Å². The number of nitrogens with zero attached hydrogens (tertiary/aromatic N) is 1. The summed E-state index contributed by atoms with van der Waals surface area (Å²) in [5.74, 6) is -1.80. The SMILES string of the molecule is COC(=O)[C@@H]1[C@H]2[C@@H](OC(C)(C)C)CCN2O[C@@H]1C(=O)OC. The van der Waals surface area contributed by atoms with E-state index in [4.69, 9.17) is 19.0 Å². The highest BCUT2D eigenvalue weighted by molar-refractivity contribution is 5.85. The van der Waals surface area contributed by atoms with Crippen molar-refractivity contribution in [2.75, 3.05) is 20.8 Å². The van der Waals surface area contributed by atoms with Gasteiger partial charge in [-0.25, -0.2) is 4.79 Å². The topological polar surface area (TPSA) is 74.3 Å². The fourth-order valence-corrected chi connectivity index (χ4v) is 2.97. The quantitative estimate of drug-likeness (QED) is 0.703. The van der Waals surface area contributed by atoms with Crippen LogP contribution in [0.2, 0.25) is 0 Å². The fourth-order valence-electron chi connectivity index (χ4n) is 2.97. The molecule has 0 radical (unpaired) electrons. The molecule has 0 saturated carbocycles. The van der Waals surface area contributed by atoms with Crippen molar-refractivity contribution < 1.29 is 28.6 Å². The molecule has 2 heterocycles. The highest BCUT2D eigenvalue weighted by Gasteiger charge is 2.58. The lowest BCUT2D eigenvalue weighted by Gasteiger charge is -2.30. The average Bonchev–Trinajstić information content (AvgIpc) is 2.95. The van der Waals surface area contributed by atoms with E-state index in [1.165, 1.54) is 14.2 Å². The normalized spacial score (nSPS) is 32.8. The van der Waals surface area contributed by atoms with E-state index < -0.39 is 24.0 Å².